The van der Waals surface area contributed by atoms with Crippen LogP contribution in [0.25, 0.3) is 0 Å². The van der Waals surface area contributed by atoms with E-state index in [0.29, 0.717) is 19.1 Å². The summed E-state index contributed by atoms with van der Waals surface area (Å²) in [6.07, 6.45) is 1.84. The van der Waals surface area contributed by atoms with E-state index in [9.17, 15) is 0 Å². The van der Waals surface area contributed by atoms with Gasteiger partial charge >= 0.3 is 0 Å². The highest BCUT2D eigenvalue weighted by Gasteiger charge is 1.99. The Labute approximate surface area is 110 Å². The van der Waals surface area contributed by atoms with E-state index in [1.54, 1.807) is 0 Å². The fourth-order valence-electron chi connectivity index (χ4n) is 1.59. The van der Waals surface area contributed by atoms with Gasteiger partial charge in [0.25, 0.3) is 0 Å². The lowest BCUT2D eigenvalue weighted by Gasteiger charge is -2.09. The fraction of sp³-hybridized carbons (Fsp3) is 0.600. The molecule has 3 nitrogen and oxygen atoms in total. The lowest BCUT2D eigenvalue weighted by Crippen LogP contribution is -2.07. The van der Waals surface area contributed by atoms with E-state index >= 15 is 0 Å². The second-order valence-electron chi connectivity index (χ2n) is 4.68. The minimum atomic E-state index is 0.565. The summed E-state index contributed by atoms with van der Waals surface area (Å²) in [6, 6.07) is 8.31. The van der Waals surface area contributed by atoms with Gasteiger partial charge in [-0.1, -0.05) is 26.0 Å². The normalized spacial score (nSPS) is 10.9. The predicted molar refractivity (Wildman–Crippen MR) is 75.1 cm³/mol. The Balaban J connectivity index is 2.12. The predicted octanol–water partition coefficient (Wildman–Crippen LogP) is 2.94. The summed E-state index contributed by atoms with van der Waals surface area (Å²) in [5.41, 5.74) is 6.71. The molecule has 0 saturated heterocycles. The van der Waals surface area contributed by atoms with Crippen LogP contribution in [-0.4, -0.2) is 26.4 Å². The molecule has 0 atom stereocenters. The molecule has 0 aliphatic heterocycles. The van der Waals surface area contributed by atoms with Gasteiger partial charge < -0.3 is 15.2 Å². The van der Waals surface area contributed by atoms with Crippen molar-refractivity contribution in [1.29, 1.82) is 0 Å². The standard InChI is InChI=1S/C15H25NO2/c1-13(2)14-5-7-15(8-6-14)18-12-4-11-17-10-3-9-16/h5-8,13H,3-4,9-12,16H2,1-2H3. The molecule has 0 saturated carbocycles. The number of hydrogen-bond donors (Lipinski definition) is 1. The van der Waals surface area contributed by atoms with Crippen molar-refractivity contribution >= 4 is 0 Å². The molecular weight excluding hydrogens is 226 g/mol. The van der Waals surface area contributed by atoms with Gasteiger partial charge in [0.05, 0.1) is 6.61 Å². The Morgan fingerprint density at radius 1 is 1.00 bits per heavy atom. The van der Waals surface area contributed by atoms with Crippen molar-refractivity contribution in [3.05, 3.63) is 29.8 Å². The Morgan fingerprint density at radius 3 is 2.28 bits per heavy atom. The lowest BCUT2D eigenvalue weighted by atomic mass is 10.0. The summed E-state index contributed by atoms with van der Waals surface area (Å²) >= 11 is 0. The van der Waals surface area contributed by atoms with E-state index in [1.165, 1.54) is 5.56 Å². The second-order valence-corrected chi connectivity index (χ2v) is 4.68. The van der Waals surface area contributed by atoms with Gasteiger partial charge in [0, 0.05) is 19.6 Å². The molecule has 0 radical (unpaired) electrons. The zero-order chi connectivity index (χ0) is 13.2. The Morgan fingerprint density at radius 2 is 1.67 bits per heavy atom. The second kappa shape index (κ2) is 8.95. The van der Waals surface area contributed by atoms with Crippen LogP contribution < -0.4 is 10.5 Å². The van der Waals surface area contributed by atoms with E-state index < -0.39 is 0 Å². The highest BCUT2D eigenvalue weighted by atomic mass is 16.5. The average Bonchev–Trinajstić information content (AvgIpc) is 2.38. The highest BCUT2D eigenvalue weighted by Crippen LogP contribution is 2.18. The molecule has 0 bridgehead atoms. The zero-order valence-electron chi connectivity index (χ0n) is 11.5. The van der Waals surface area contributed by atoms with Crippen LogP contribution in [0.5, 0.6) is 5.75 Å². The quantitative estimate of drug-likeness (QED) is 0.686. The van der Waals surface area contributed by atoms with E-state index in [-0.39, 0.29) is 0 Å². The van der Waals surface area contributed by atoms with E-state index in [2.05, 4.69) is 26.0 Å². The van der Waals surface area contributed by atoms with Crippen LogP contribution in [0.4, 0.5) is 0 Å². The summed E-state index contributed by atoms with van der Waals surface area (Å²) < 4.78 is 11.0. The van der Waals surface area contributed by atoms with Crippen molar-refractivity contribution in [2.75, 3.05) is 26.4 Å². The first-order valence-corrected chi connectivity index (χ1v) is 6.74. The SMILES string of the molecule is CC(C)c1ccc(OCCCOCCCN)cc1. The fourth-order valence-corrected chi connectivity index (χ4v) is 1.59. The number of hydrogen-bond acceptors (Lipinski definition) is 3. The number of benzene rings is 1. The molecule has 0 aliphatic rings. The third-order valence-corrected chi connectivity index (χ3v) is 2.74. The molecule has 0 spiro atoms. The third kappa shape index (κ3) is 6.03. The molecule has 0 unspecified atom stereocenters. The van der Waals surface area contributed by atoms with Crippen molar-refractivity contribution in [1.82, 2.24) is 0 Å². The van der Waals surface area contributed by atoms with Gasteiger partial charge in [-0.05, 0) is 36.6 Å². The lowest BCUT2D eigenvalue weighted by molar-refractivity contribution is 0.118. The maximum atomic E-state index is 5.64. The number of rotatable bonds is 9. The summed E-state index contributed by atoms with van der Waals surface area (Å²) in [7, 11) is 0. The first-order chi connectivity index (χ1) is 8.74. The molecule has 0 heterocycles. The van der Waals surface area contributed by atoms with Crippen LogP contribution >= 0.6 is 0 Å². The summed E-state index contributed by atoms with van der Waals surface area (Å²) in [4.78, 5) is 0. The van der Waals surface area contributed by atoms with Crippen molar-refractivity contribution < 1.29 is 9.47 Å². The van der Waals surface area contributed by atoms with Gasteiger partial charge in [0.15, 0.2) is 0 Å². The average molecular weight is 251 g/mol. The van der Waals surface area contributed by atoms with Crippen LogP contribution in [-0.2, 0) is 4.74 Å². The van der Waals surface area contributed by atoms with Crippen molar-refractivity contribution in [3.63, 3.8) is 0 Å². The molecule has 3 heteroatoms. The van der Waals surface area contributed by atoms with Gasteiger partial charge in [-0.15, -0.1) is 0 Å². The molecule has 1 aromatic carbocycles. The van der Waals surface area contributed by atoms with Crippen LogP contribution in [0, 0.1) is 0 Å². The molecule has 2 N–H and O–H groups in total. The van der Waals surface area contributed by atoms with Crippen molar-refractivity contribution in [2.45, 2.75) is 32.6 Å². The first-order valence-electron chi connectivity index (χ1n) is 6.74. The van der Waals surface area contributed by atoms with E-state index in [4.69, 9.17) is 15.2 Å². The van der Waals surface area contributed by atoms with Gasteiger partial charge in [-0.2, -0.15) is 0 Å². The molecule has 1 aromatic rings. The van der Waals surface area contributed by atoms with Crippen LogP contribution in [0.15, 0.2) is 24.3 Å². The topological polar surface area (TPSA) is 44.5 Å². The Hall–Kier alpha value is -1.06. The summed E-state index contributed by atoms with van der Waals surface area (Å²) in [5.74, 6) is 1.50. The van der Waals surface area contributed by atoms with Crippen LogP contribution in [0.3, 0.4) is 0 Å². The maximum Gasteiger partial charge on any atom is 0.119 e. The third-order valence-electron chi connectivity index (χ3n) is 2.74. The Kier molecular flexibility index (Phi) is 7.46. The van der Waals surface area contributed by atoms with E-state index in [1.807, 2.05) is 12.1 Å². The molecule has 0 fully saturated rings. The minimum absolute atomic E-state index is 0.565. The minimum Gasteiger partial charge on any atom is -0.494 e. The zero-order valence-corrected chi connectivity index (χ0v) is 11.5. The van der Waals surface area contributed by atoms with Gasteiger partial charge in [0.2, 0.25) is 0 Å². The molecular formula is C15H25NO2. The smallest absolute Gasteiger partial charge is 0.119 e. The Bertz CT molecular complexity index is 309. The maximum absolute atomic E-state index is 5.64. The number of nitrogens with two attached hydrogens (primary N) is 1. The monoisotopic (exact) mass is 251 g/mol. The molecule has 0 amide bonds. The van der Waals surface area contributed by atoms with Crippen LogP contribution in [0.2, 0.25) is 0 Å². The molecule has 102 valence electrons. The number of ether oxygens (including phenoxy) is 2. The molecule has 18 heavy (non-hydrogen) atoms. The molecule has 0 aromatic heterocycles. The van der Waals surface area contributed by atoms with Crippen molar-refractivity contribution in [3.8, 4) is 5.75 Å². The van der Waals surface area contributed by atoms with Gasteiger partial charge in [0.1, 0.15) is 5.75 Å². The van der Waals surface area contributed by atoms with Crippen molar-refractivity contribution in [2.24, 2.45) is 5.73 Å². The summed E-state index contributed by atoms with van der Waals surface area (Å²) in [5, 5.41) is 0. The highest BCUT2D eigenvalue weighted by molar-refractivity contribution is 5.28. The van der Waals surface area contributed by atoms with E-state index in [0.717, 1.165) is 31.8 Å². The first kappa shape index (κ1) is 15.0. The summed E-state index contributed by atoms with van der Waals surface area (Å²) in [6.45, 7) is 7.26. The largest absolute Gasteiger partial charge is 0.494 e. The van der Waals surface area contributed by atoms with Gasteiger partial charge in [-0.25, -0.2) is 0 Å². The van der Waals surface area contributed by atoms with Gasteiger partial charge in [-0.3, -0.25) is 0 Å². The molecule has 0 aliphatic carbocycles. The van der Waals surface area contributed by atoms with Crippen LogP contribution in [0.1, 0.15) is 38.2 Å². The molecule has 1 rings (SSSR count).